The van der Waals surface area contributed by atoms with Crippen LogP contribution in [-0.2, 0) is 20.9 Å². The zero-order valence-corrected chi connectivity index (χ0v) is 10.7. The van der Waals surface area contributed by atoms with Gasteiger partial charge in [0.2, 0.25) is 0 Å². The Morgan fingerprint density at radius 3 is 2.65 bits per heavy atom. The Labute approximate surface area is 115 Å². The van der Waals surface area contributed by atoms with Crippen molar-refractivity contribution < 1.29 is 19.4 Å². The van der Waals surface area contributed by atoms with E-state index < -0.39 is 18.0 Å². The predicted molar refractivity (Wildman–Crippen MR) is 69.8 cm³/mol. The lowest BCUT2D eigenvalue weighted by atomic mass is 10.2. The summed E-state index contributed by atoms with van der Waals surface area (Å²) in [5.41, 5.74) is 0.857. The number of carboxylic acids is 1. The minimum Gasteiger partial charge on any atom is -0.480 e. The van der Waals surface area contributed by atoms with Gasteiger partial charge >= 0.3 is 11.9 Å². The quantitative estimate of drug-likeness (QED) is 0.810. The number of hydrogen-bond donors (Lipinski definition) is 1. The van der Waals surface area contributed by atoms with Gasteiger partial charge in [-0.05, 0) is 5.56 Å². The lowest BCUT2D eigenvalue weighted by Crippen LogP contribution is -2.22. The van der Waals surface area contributed by atoms with Gasteiger partial charge < -0.3 is 14.4 Å². The lowest BCUT2D eigenvalue weighted by Gasteiger charge is -2.13. The molecule has 0 bridgehead atoms. The van der Waals surface area contributed by atoms with E-state index in [0.29, 0.717) is 0 Å². The lowest BCUT2D eigenvalue weighted by molar-refractivity contribution is -0.151. The van der Waals surface area contributed by atoms with Crippen molar-refractivity contribution in [3.63, 3.8) is 0 Å². The first-order chi connectivity index (χ1) is 9.66. The van der Waals surface area contributed by atoms with Crippen LogP contribution in [0.2, 0.25) is 0 Å². The van der Waals surface area contributed by atoms with Gasteiger partial charge in [0.05, 0.1) is 12.7 Å². The van der Waals surface area contributed by atoms with Crippen LogP contribution in [0.5, 0.6) is 0 Å². The van der Waals surface area contributed by atoms with Gasteiger partial charge in [-0.2, -0.15) is 0 Å². The van der Waals surface area contributed by atoms with Crippen molar-refractivity contribution in [2.75, 3.05) is 0 Å². The van der Waals surface area contributed by atoms with Crippen LogP contribution < -0.4 is 0 Å². The number of aromatic nitrogens is 2. The van der Waals surface area contributed by atoms with Crippen molar-refractivity contribution >= 4 is 11.9 Å². The molecule has 1 atom stereocenters. The molecule has 20 heavy (non-hydrogen) atoms. The van der Waals surface area contributed by atoms with Gasteiger partial charge in [0, 0.05) is 12.4 Å². The number of nitrogens with zero attached hydrogens (tertiary/aromatic N) is 2. The number of imidazole rings is 1. The van der Waals surface area contributed by atoms with Crippen molar-refractivity contribution in [1.29, 1.82) is 0 Å². The molecule has 0 radical (unpaired) electrons. The second-order valence-electron chi connectivity index (χ2n) is 4.21. The highest BCUT2D eigenvalue weighted by Gasteiger charge is 2.23. The van der Waals surface area contributed by atoms with E-state index in [1.54, 1.807) is 0 Å². The van der Waals surface area contributed by atoms with E-state index in [2.05, 4.69) is 4.98 Å². The Balaban J connectivity index is 1.91. The van der Waals surface area contributed by atoms with E-state index in [1.807, 2.05) is 30.3 Å². The molecule has 0 aliphatic rings. The predicted octanol–water partition coefficient (Wildman–Crippen LogP) is 1.64. The van der Waals surface area contributed by atoms with E-state index in [1.165, 1.54) is 23.3 Å². The molecule has 0 saturated heterocycles. The summed E-state index contributed by atoms with van der Waals surface area (Å²) in [5.74, 6) is -1.66. The maximum atomic E-state index is 11.7. The van der Waals surface area contributed by atoms with Crippen LogP contribution in [0.25, 0.3) is 0 Å². The third-order valence-corrected chi connectivity index (χ3v) is 2.77. The summed E-state index contributed by atoms with van der Waals surface area (Å²) in [6.45, 7) is 0.135. The molecule has 104 valence electrons. The second-order valence-corrected chi connectivity index (χ2v) is 4.21. The first-order valence-electron chi connectivity index (χ1n) is 6.06. The molecule has 0 aliphatic heterocycles. The minimum absolute atomic E-state index is 0.135. The number of benzene rings is 1. The molecule has 6 heteroatoms. The largest absolute Gasteiger partial charge is 0.480 e. The Morgan fingerprint density at radius 2 is 2.05 bits per heavy atom. The summed E-state index contributed by atoms with van der Waals surface area (Å²) < 4.78 is 6.44. The highest BCUT2D eigenvalue weighted by molar-refractivity contribution is 5.80. The molecular formula is C14H14N2O4. The van der Waals surface area contributed by atoms with Gasteiger partial charge in [-0.25, -0.2) is 9.78 Å². The molecule has 1 N–H and O–H groups in total. The van der Waals surface area contributed by atoms with E-state index in [9.17, 15) is 9.59 Å². The summed E-state index contributed by atoms with van der Waals surface area (Å²) in [6.07, 6.45) is 4.09. The molecule has 1 aromatic heterocycles. The molecule has 0 saturated carbocycles. The van der Waals surface area contributed by atoms with E-state index >= 15 is 0 Å². The molecule has 1 unspecified atom stereocenters. The van der Waals surface area contributed by atoms with Crippen LogP contribution >= 0.6 is 0 Å². The highest BCUT2D eigenvalue weighted by Crippen LogP contribution is 2.13. The fourth-order valence-corrected chi connectivity index (χ4v) is 1.73. The van der Waals surface area contributed by atoms with Crippen molar-refractivity contribution in [2.24, 2.45) is 0 Å². The van der Waals surface area contributed by atoms with Gasteiger partial charge in [0.1, 0.15) is 12.6 Å². The summed E-state index contributed by atoms with van der Waals surface area (Å²) in [6, 6.07) is 8.21. The van der Waals surface area contributed by atoms with Crippen molar-refractivity contribution in [3.8, 4) is 0 Å². The first-order valence-corrected chi connectivity index (χ1v) is 6.06. The zero-order valence-electron chi connectivity index (χ0n) is 10.7. The normalized spacial score (nSPS) is 11.8. The minimum atomic E-state index is -1.10. The number of ether oxygens (including phenoxy) is 1. The highest BCUT2D eigenvalue weighted by atomic mass is 16.5. The number of hydrogen-bond acceptors (Lipinski definition) is 4. The first kappa shape index (κ1) is 13.8. The Kier molecular flexibility index (Phi) is 4.49. The number of aliphatic carboxylic acids is 1. The SMILES string of the molecule is O=C(CC(C(=O)O)n1ccnc1)OCc1ccccc1. The summed E-state index contributed by atoms with van der Waals surface area (Å²) >= 11 is 0. The van der Waals surface area contributed by atoms with Crippen molar-refractivity contribution in [2.45, 2.75) is 19.1 Å². The maximum Gasteiger partial charge on any atom is 0.327 e. The molecule has 2 aromatic rings. The van der Waals surface area contributed by atoms with Crippen molar-refractivity contribution in [3.05, 3.63) is 54.6 Å². The van der Waals surface area contributed by atoms with Gasteiger partial charge in [0.25, 0.3) is 0 Å². The Morgan fingerprint density at radius 1 is 1.30 bits per heavy atom. The molecule has 0 aliphatic carbocycles. The van der Waals surface area contributed by atoms with Crippen molar-refractivity contribution in [1.82, 2.24) is 9.55 Å². The molecule has 0 amide bonds. The van der Waals surface area contributed by atoms with Crippen LogP contribution in [0, 0.1) is 0 Å². The van der Waals surface area contributed by atoms with Crippen LogP contribution in [-0.4, -0.2) is 26.6 Å². The maximum absolute atomic E-state index is 11.7. The number of esters is 1. The fourth-order valence-electron chi connectivity index (χ4n) is 1.73. The molecule has 2 rings (SSSR count). The smallest absolute Gasteiger partial charge is 0.327 e. The molecule has 0 fully saturated rings. The van der Waals surface area contributed by atoms with Crippen LogP contribution in [0.1, 0.15) is 18.0 Å². The summed E-state index contributed by atoms with van der Waals surface area (Å²) in [5, 5.41) is 9.12. The molecule has 6 nitrogen and oxygen atoms in total. The van der Waals surface area contributed by atoms with Gasteiger partial charge in [-0.15, -0.1) is 0 Å². The Bertz CT molecular complexity index is 566. The summed E-state index contributed by atoms with van der Waals surface area (Å²) in [7, 11) is 0. The van der Waals surface area contributed by atoms with Gasteiger partial charge in [-0.3, -0.25) is 4.79 Å². The number of carbonyl (C=O) groups is 2. The number of carboxylic acid groups (broad SMARTS) is 1. The summed E-state index contributed by atoms with van der Waals surface area (Å²) in [4.78, 5) is 26.6. The van der Waals surface area contributed by atoms with Crippen LogP contribution in [0.4, 0.5) is 0 Å². The van der Waals surface area contributed by atoms with Crippen LogP contribution in [0.15, 0.2) is 49.1 Å². The number of carbonyl (C=O) groups excluding carboxylic acids is 1. The van der Waals surface area contributed by atoms with Crippen LogP contribution in [0.3, 0.4) is 0 Å². The molecule has 1 aromatic carbocycles. The fraction of sp³-hybridized carbons (Fsp3) is 0.214. The standard InChI is InChI=1S/C14H14N2O4/c17-13(20-9-11-4-2-1-3-5-11)8-12(14(18)19)16-7-6-15-10-16/h1-7,10,12H,8-9H2,(H,18,19). The third-order valence-electron chi connectivity index (χ3n) is 2.77. The van der Waals surface area contributed by atoms with Gasteiger partial charge in [-0.1, -0.05) is 30.3 Å². The third kappa shape index (κ3) is 3.68. The average Bonchev–Trinajstić information content (AvgIpc) is 2.97. The molecule has 1 heterocycles. The van der Waals surface area contributed by atoms with E-state index in [0.717, 1.165) is 5.56 Å². The topological polar surface area (TPSA) is 81.4 Å². The number of rotatable bonds is 6. The van der Waals surface area contributed by atoms with Gasteiger partial charge in [0.15, 0.2) is 0 Å². The second kappa shape index (κ2) is 6.51. The molecule has 0 spiro atoms. The van der Waals surface area contributed by atoms with E-state index in [-0.39, 0.29) is 13.0 Å². The zero-order chi connectivity index (χ0) is 14.4. The Hall–Kier alpha value is -2.63. The monoisotopic (exact) mass is 274 g/mol. The van der Waals surface area contributed by atoms with E-state index in [4.69, 9.17) is 9.84 Å². The molecular weight excluding hydrogens is 260 g/mol. The average molecular weight is 274 g/mol.